The summed E-state index contributed by atoms with van der Waals surface area (Å²) in [4.78, 5) is 25.7. The third-order valence-corrected chi connectivity index (χ3v) is 4.68. The van der Waals surface area contributed by atoms with Crippen LogP contribution in [-0.2, 0) is 16.1 Å². The first-order valence-electron chi connectivity index (χ1n) is 8.56. The molecule has 1 fully saturated rings. The van der Waals surface area contributed by atoms with Gasteiger partial charge in [-0.1, -0.05) is 18.9 Å². The number of nitrogens with one attached hydrogen (secondary N) is 1. The predicted molar refractivity (Wildman–Crippen MR) is 88.7 cm³/mol. The zero-order valence-electron chi connectivity index (χ0n) is 14.0. The van der Waals surface area contributed by atoms with E-state index in [-0.39, 0.29) is 18.6 Å². The van der Waals surface area contributed by atoms with E-state index in [1.165, 1.54) is 12.8 Å². The average Bonchev–Trinajstić information content (AvgIpc) is 3.23. The standard InChI is InChI=1S/C18H24N2O4/c1-13(21)20(15-4-2-3-5-15)9-8-18(22)19-11-14-6-7-16-17(10-14)24-12-23-16/h6-7,10,15H,2-5,8-9,11-12H2,1H3,(H,19,22). The Morgan fingerprint density at radius 1 is 1.21 bits per heavy atom. The fourth-order valence-electron chi connectivity index (χ4n) is 3.38. The quantitative estimate of drug-likeness (QED) is 0.867. The van der Waals surface area contributed by atoms with Crippen LogP contribution in [0, 0.1) is 0 Å². The fourth-order valence-corrected chi connectivity index (χ4v) is 3.38. The van der Waals surface area contributed by atoms with Crippen LogP contribution in [0.2, 0.25) is 0 Å². The van der Waals surface area contributed by atoms with Gasteiger partial charge in [0.15, 0.2) is 11.5 Å². The van der Waals surface area contributed by atoms with Crippen molar-refractivity contribution in [3.05, 3.63) is 23.8 Å². The van der Waals surface area contributed by atoms with Gasteiger partial charge in [0, 0.05) is 32.5 Å². The number of fused-ring (bicyclic) bond motifs is 1. The minimum Gasteiger partial charge on any atom is -0.454 e. The van der Waals surface area contributed by atoms with Gasteiger partial charge >= 0.3 is 0 Å². The summed E-state index contributed by atoms with van der Waals surface area (Å²) in [6, 6.07) is 5.95. The van der Waals surface area contributed by atoms with Crippen LogP contribution in [0.4, 0.5) is 0 Å². The highest BCUT2D eigenvalue weighted by molar-refractivity contribution is 5.78. The summed E-state index contributed by atoms with van der Waals surface area (Å²) in [7, 11) is 0. The van der Waals surface area contributed by atoms with Crippen molar-refractivity contribution in [3.8, 4) is 11.5 Å². The number of carbonyl (C=O) groups excluding carboxylic acids is 2. The van der Waals surface area contributed by atoms with E-state index in [0.717, 1.165) is 24.2 Å². The van der Waals surface area contributed by atoms with Crippen LogP contribution in [0.3, 0.4) is 0 Å². The minimum absolute atomic E-state index is 0.0445. The number of ether oxygens (including phenoxy) is 2. The number of carbonyl (C=O) groups is 2. The molecule has 2 aliphatic rings. The normalized spacial score (nSPS) is 16.2. The Kier molecular flexibility index (Phi) is 5.23. The maximum Gasteiger partial charge on any atom is 0.231 e. The van der Waals surface area contributed by atoms with Gasteiger partial charge in [0.05, 0.1) is 0 Å². The summed E-state index contributed by atoms with van der Waals surface area (Å²) in [5.74, 6) is 1.46. The third-order valence-electron chi connectivity index (χ3n) is 4.68. The Morgan fingerprint density at radius 3 is 2.71 bits per heavy atom. The molecule has 1 aromatic carbocycles. The Labute approximate surface area is 142 Å². The summed E-state index contributed by atoms with van der Waals surface area (Å²) in [6.07, 6.45) is 4.78. The molecule has 3 rings (SSSR count). The molecule has 0 bridgehead atoms. The van der Waals surface area contributed by atoms with E-state index in [9.17, 15) is 9.59 Å². The van der Waals surface area contributed by atoms with Crippen molar-refractivity contribution in [2.45, 2.75) is 51.6 Å². The topological polar surface area (TPSA) is 67.9 Å². The van der Waals surface area contributed by atoms with Gasteiger partial charge in [0.2, 0.25) is 18.6 Å². The van der Waals surface area contributed by atoms with Crippen molar-refractivity contribution in [2.24, 2.45) is 0 Å². The third kappa shape index (κ3) is 3.99. The molecule has 0 unspecified atom stereocenters. The molecular weight excluding hydrogens is 308 g/mol. The van der Waals surface area contributed by atoms with Crippen molar-refractivity contribution in [1.82, 2.24) is 10.2 Å². The van der Waals surface area contributed by atoms with Gasteiger partial charge in [-0.25, -0.2) is 0 Å². The van der Waals surface area contributed by atoms with Crippen molar-refractivity contribution in [2.75, 3.05) is 13.3 Å². The molecule has 0 aromatic heterocycles. The molecule has 1 saturated carbocycles. The zero-order valence-corrected chi connectivity index (χ0v) is 14.0. The Morgan fingerprint density at radius 2 is 1.96 bits per heavy atom. The molecule has 6 nitrogen and oxygen atoms in total. The second-order valence-electron chi connectivity index (χ2n) is 6.37. The van der Waals surface area contributed by atoms with E-state index in [2.05, 4.69) is 5.32 Å². The molecule has 1 heterocycles. The lowest BCUT2D eigenvalue weighted by Gasteiger charge is -2.27. The maximum atomic E-state index is 12.1. The van der Waals surface area contributed by atoms with E-state index in [4.69, 9.17) is 9.47 Å². The summed E-state index contributed by atoms with van der Waals surface area (Å²) >= 11 is 0. The fraction of sp³-hybridized carbons (Fsp3) is 0.556. The van der Waals surface area contributed by atoms with Crippen LogP contribution in [0.5, 0.6) is 11.5 Å². The molecule has 0 saturated heterocycles. The van der Waals surface area contributed by atoms with Crippen molar-refractivity contribution >= 4 is 11.8 Å². The van der Waals surface area contributed by atoms with Crippen molar-refractivity contribution in [3.63, 3.8) is 0 Å². The Bertz CT molecular complexity index is 611. The highest BCUT2D eigenvalue weighted by Crippen LogP contribution is 2.32. The first kappa shape index (κ1) is 16.6. The van der Waals surface area contributed by atoms with E-state index in [1.54, 1.807) is 6.92 Å². The Balaban J connectivity index is 1.46. The van der Waals surface area contributed by atoms with Crippen LogP contribution in [0.25, 0.3) is 0 Å². The molecule has 0 spiro atoms. The number of nitrogens with zero attached hydrogens (tertiary/aromatic N) is 1. The average molecular weight is 332 g/mol. The van der Waals surface area contributed by atoms with Crippen LogP contribution in [-0.4, -0.2) is 36.1 Å². The van der Waals surface area contributed by atoms with Crippen LogP contribution in [0.15, 0.2) is 18.2 Å². The van der Waals surface area contributed by atoms with Crippen LogP contribution >= 0.6 is 0 Å². The summed E-state index contributed by atoms with van der Waals surface area (Å²) in [5, 5.41) is 2.90. The van der Waals surface area contributed by atoms with Gasteiger partial charge < -0.3 is 19.7 Å². The van der Waals surface area contributed by atoms with E-state index in [1.807, 2.05) is 23.1 Å². The molecule has 24 heavy (non-hydrogen) atoms. The van der Waals surface area contributed by atoms with E-state index >= 15 is 0 Å². The summed E-state index contributed by atoms with van der Waals surface area (Å²) < 4.78 is 10.6. The molecule has 130 valence electrons. The van der Waals surface area contributed by atoms with Crippen LogP contribution in [0.1, 0.15) is 44.6 Å². The number of hydrogen-bond acceptors (Lipinski definition) is 4. The molecule has 2 amide bonds. The number of hydrogen-bond donors (Lipinski definition) is 1. The lowest BCUT2D eigenvalue weighted by Crippen LogP contribution is -2.39. The molecule has 0 atom stereocenters. The van der Waals surface area contributed by atoms with Crippen LogP contribution < -0.4 is 14.8 Å². The SMILES string of the molecule is CC(=O)N(CCC(=O)NCc1ccc2c(c1)OCO2)C1CCCC1. The highest BCUT2D eigenvalue weighted by atomic mass is 16.7. The highest BCUT2D eigenvalue weighted by Gasteiger charge is 2.24. The molecule has 1 aliphatic heterocycles. The Hall–Kier alpha value is -2.24. The smallest absolute Gasteiger partial charge is 0.231 e. The van der Waals surface area contributed by atoms with E-state index < -0.39 is 0 Å². The molecule has 6 heteroatoms. The number of amides is 2. The molecule has 1 N–H and O–H groups in total. The number of rotatable bonds is 6. The predicted octanol–water partition coefficient (Wildman–Crippen LogP) is 2.21. The van der Waals surface area contributed by atoms with Gasteiger partial charge in [-0.15, -0.1) is 0 Å². The van der Waals surface area contributed by atoms with Gasteiger partial charge in [-0.05, 0) is 30.5 Å². The maximum absolute atomic E-state index is 12.1. The largest absolute Gasteiger partial charge is 0.454 e. The lowest BCUT2D eigenvalue weighted by atomic mass is 10.2. The van der Waals surface area contributed by atoms with Gasteiger partial charge in [0.25, 0.3) is 0 Å². The number of benzene rings is 1. The minimum atomic E-state index is -0.0445. The lowest BCUT2D eigenvalue weighted by molar-refractivity contribution is -0.131. The van der Waals surface area contributed by atoms with E-state index in [0.29, 0.717) is 31.3 Å². The molecule has 0 radical (unpaired) electrons. The molecule has 1 aromatic rings. The second kappa shape index (κ2) is 7.55. The summed E-state index contributed by atoms with van der Waals surface area (Å²) in [6.45, 7) is 2.77. The van der Waals surface area contributed by atoms with Gasteiger partial charge in [-0.2, -0.15) is 0 Å². The van der Waals surface area contributed by atoms with Crippen molar-refractivity contribution < 1.29 is 19.1 Å². The monoisotopic (exact) mass is 332 g/mol. The second-order valence-corrected chi connectivity index (χ2v) is 6.37. The van der Waals surface area contributed by atoms with Gasteiger partial charge in [0.1, 0.15) is 0 Å². The van der Waals surface area contributed by atoms with Gasteiger partial charge in [-0.3, -0.25) is 9.59 Å². The first-order valence-corrected chi connectivity index (χ1v) is 8.56. The summed E-state index contributed by atoms with van der Waals surface area (Å²) in [5.41, 5.74) is 0.965. The zero-order chi connectivity index (χ0) is 16.9. The van der Waals surface area contributed by atoms with Crippen molar-refractivity contribution in [1.29, 1.82) is 0 Å². The molecule has 1 aliphatic carbocycles. The first-order chi connectivity index (χ1) is 11.6. The molecular formula is C18H24N2O4.